The fourth-order valence-electron chi connectivity index (χ4n) is 2.08. The van der Waals surface area contributed by atoms with Crippen LogP contribution in [0.2, 0.25) is 0 Å². The molecule has 2 rings (SSSR count). The van der Waals surface area contributed by atoms with Crippen molar-refractivity contribution in [3.63, 3.8) is 0 Å². The van der Waals surface area contributed by atoms with Gasteiger partial charge in [0.2, 0.25) is 0 Å². The number of aryl methyl sites for hydroxylation is 1. The fraction of sp³-hybridized carbons (Fsp3) is 0.636. The summed E-state index contributed by atoms with van der Waals surface area (Å²) in [4.78, 5) is 1.31. The van der Waals surface area contributed by atoms with Gasteiger partial charge >= 0.3 is 0 Å². The van der Waals surface area contributed by atoms with Gasteiger partial charge in [-0.3, -0.25) is 5.84 Å². The lowest BCUT2D eigenvalue weighted by Gasteiger charge is -2.29. The van der Waals surface area contributed by atoms with Gasteiger partial charge in [0.15, 0.2) is 0 Å². The second-order valence-corrected chi connectivity index (χ2v) is 4.96. The molecular weight excluding hydrogens is 208 g/mol. The topological polar surface area (TPSA) is 47.3 Å². The van der Waals surface area contributed by atoms with Gasteiger partial charge in [0.05, 0.1) is 12.1 Å². The monoisotopic (exact) mass is 226 g/mol. The Labute approximate surface area is 94.6 Å². The van der Waals surface area contributed by atoms with Crippen molar-refractivity contribution in [3.8, 4) is 0 Å². The second-order valence-electron chi connectivity index (χ2n) is 4.02. The van der Waals surface area contributed by atoms with Crippen molar-refractivity contribution in [3.05, 3.63) is 21.9 Å². The molecule has 0 radical (unpaired) electrons. The van der Waals surface area contributed by atoms with Crippen LogP contribution < -0.4 is 11.3 Å². The van der Waals surface area contributed by atoms with E-state index in [0.29, 0.717) is 0 Å². The Morgan fingerprint density at radius 3 is 3.00 bits per heavy atom. The van der Waals surface area contributed by atoms with Crippen LogP contribution in [0.5, 0.6) is 0 Å². The molecule has 0 saturated carbocycles. The summed E-state index contributed by atoms with van der Waals surface area (Å²) in [5, 5.41) is 2.11. The van der Waals surface area contributed by atoms with Crippen LogP contribution in [0.25, 0.3) is 0 Å². The van der Waals surface area contributed by atoms with Crippen LogP contribution in [0.4, 0.5) is 0 Å². The zero-order chi connectivity index (χ0) is 10.7. The van der Waals surface area contributed by atoms with Gasteiger partial charge in [0.1, 0.15) is 0 Å². The summed E-state index contributed by atoms with van der Waals surface area (Å²) in [6.45, 7) is 2.99. The molecule has 4 heteroatoms. The molecule has 1 saturated heterocycles. The van der Waals surface area contributed by atoms with E-state index in [1.807, 2.05) is 0 Å². The van der Waals surface area contributed by atoms with Crippen molar-refractivity contribution in [1.29, 1.82) is 0 Å². The number of ether oxygens (including phenoxy) is 1. The molecule has 0 aromatic carbocycles. The van der Waals surface area contributed by atoms with E-state index in [9.17, 15) is 0 Å². The number of thiophene rings is 1. The van der Waals surface area contributed by atoms with Gasteiger partial charge in [-0.1, -0.05) is 0 Å². The fourth-order valence-corrected chi connectivity index (χ4v) is 3.12. The van der Waals surface area contributed by atoms with Gasteiger partial charge in [0, 0.05) is 11.5 Å². The van der Waals surface area contributed by atoms with E-state index < -0.39 is 0 Å². The average molecular weight is 226 g/mol. The predicted molar refractivity (Wildman–Crippen MR) is 62.7 cm³/mol. The van der Waals surface area contributed by atoms with Crippen molar-refractivity contribution >= 4 is 11.3 Å². The Morgan fingerprint density at radius 2 is 2.47 bits per heavy atom. The van der Waals surface area contributed by atoms with E-state index in [2.05, 4.69) is 23.8 Å². The maximum atomic E-state index is 5.77. The molecule has 1 aliphatic rings. The average Bonchev–Trinajstić information content (AvgIpc) is 2.68. The second kappa shape index (κ2) is 5.07. The highest BCUT2D eigenvalue weighted by Gasteiger charge is 2.26. The quantitative estimate of drug-likeness (QED) is 0.613. The van der Waals surface area contributed by atoms with Gasteiger partial charge < -0.3 is 4.74 Å². The molecule has 0 spiro atoms. The zero-order valence-corrected chi connectivity index (χ0v) is 9.85. The first-order chi connectivity index (χ1) is 7.33. The smallest absolute Gasteiger partial charge is 0.0817 e. The van der Waals surface area contributed by atoms with Crippen molar-refractivity contribution in [1.82, 2.24) is 5.43 Å². The summed E-state index contributed by atoms with van der Waals surface area (Å²) >= 11 is 1.75. The zero-order valence-electron chi connectivity index (χ0n) is 9.03. The Kier molecular flexibility index (Phi) is 3.75. The van der Waals surface area contributed by atoms with Crippen LogP contribution in [0.1, 0.15) is 35.7 Å². The third-order valence-corrected chi connectivity index (χ3v) is 4.05. The van der Waals surface area contributed by atoms with Gasteiger partial charge in [-0.15, -0.1) is 11.3 Å². The molecule has 0 aliphatic carbocycles. The predicted octanol–water partition coefficient (Wildman–Crippen LogP) is 2.13. The highest BCUT2D eigenvalue weighted by Crippen LogP contribution is 2.31. The number of hydrogen-bond acceptors (Lipinski definition) is 4. The molecule has 84 valence electrons. The van der Waals surface area contributed by atoms with Crippen molar-refractivity contribution in [2.24, 2.45) is 5.84 Å². The number of rotatable bonds is 3. The van der Waals surface area contributed by atoms with Gasteiger partial charge in [-0.2, -0.15) is 0 Å². The highest BCUT2D eigenvalue weighted by atomic mass is 32.1. The Balaban J connectivity index is 2.12. The molecule has 15 heavy (non-hydrogen) atoms. The van der Waals surface area contributed by atoms with E-state index in [-0.39, 0.29) is 12.1 Å². The minimum Gasteiger partial charge on any atom is -0.376 e. The van der Waals surface area contributed by atoms with Crippen molar-refractivity contribution in [2.75, 3.05) is 6.61 Å². The molecule has 3 N–H and O–H groups in total. The minimum atomic E-state index is 0.158. The van der Waals surface area contributed by atoms with E-state index in [1.54, 1.807) is 11.3 Å². The van der Waals surface area contributed by atoms with Crippen molar-refractivity contribution < 1.29 is 4.74 Å². The molecule has 1 aromatic heterocycles. The molecule has 1 fully saturated rings. The molecule has 2 heterocycles. The Hall–Kier alpha value is -0.420. The van der Waals surface area contributed by atoms with E-state index in [4.69, 9.17) is 10.6 Å². The first-order valence-corrected chi connectivity index (χ1v) is 6.32. The number of hydrazine groups is 1. The summed E-state index contributed by atoms with van der Waals surface area (Å²) in [5.41, 5.74) is 4.20. The molecular formula is C11H18N2OS. The third kappa shape index (κ3) is 2.39. The molecule has 0 amide bonds. The minimum absolute atomic E-state index is 0.158. The van der Waals surface area contributed by atoms with Crippen molar-refractivity contribution in [2.45, 2.75) is 38.3 Å². The highest BCUT2D eigenvalue weighted by molar-refractivity contribution is 7.10. The van der Waals surface area contributed by atoms with Crippen LogP contribution in [0, 0.1) is 6.92 Å². The molecule has 1 aliphatic heterocycles. The van der Waals surface area contributed by atoms with Gasteiger partial charge in [0.25, 0.3) is 0 Å². The molecule has 3 nitrogen and oxygen atoms in total. The summed E-state index contributed by atoms with van der Waals surface area (Å²) in [7, 11) is 0. The standard InChI is InChI=1S/C11H18N2OS/c1-8-5-7-15-11(8)10(13-12)9-4-2-3-6-14-9/h5,7,9-10,13H,2-4,6,12H2,1H3. The summed E-state index contributed by atoms with van der Waals surface area (Å²) in [6.07, 6.45) is 3.76. The summed E-state index contributed by atoms with van der Waals surface area (Å²) in [6, 6.07) is 2.29. The first kappa shape index (κ1) is 11.1. The Bertz CT molecular complexity index is 307. The SMILES string of the molecule is Cc1ccsc1C(NN)C1CCCCO1. The van der Waals surface area contributed by atoms with Crippen LogP contribution in [0.3, 0.4) is 0 Å². The van der Waals surface area contributed by atoms with E-state index >= 15 is 0 Å². The number of nitrogens with two attached hydrogens (primary N) is 1. The molecule has 2 atom stereocenters. The summed E-state index contributed by atoms with van der Waals surface area (Å²) < 4.78 is 5.77. The normalized spacial score (nSPS) is 24.0. The molecule has 0 bridgehead atoms. The van der Waals surface area contributed by atoms with E-state index in [0.717, 1.165) is 13.0 Å². The van der Waals surface area contributed by atoms with Crippen LogP contribution in [0.15, 0.2) is 11.4 Å². The third-order valence-electron chi connectivity index (χ3n) is 2.95. The molecule has 1 aromatic rings. The maximum absolute atomic E-state index is 5.77. The first-order valence-electron chi connectivity index (χ1n) is 5.44. The number of hydrogen-bond donors (Lipinski definition) is 2. The van der Waals surface area contributed by atoms with Gasteiger partial charge in [-0.25, -0.2) is 5.43 Å². The molecule has 2 unspecified atom stereocenters. The van der Waals surface area contributed by atoms with Crippen LogP contribution >= 0.6 is 11.3 Å². The van der Waals surface area contributed by atoms with Crippen LogP contribution in [-0.2, 0) is 4.74 Å². The van der Waals surface area contributed by atoms with E-state index in [1.165, 1.54) is 23.3 Å². The van der Waals surface area contributed by atoms with Gasteiger partial charge in [-0.05, 0) is 43.2 Å². The lowest BCUT2D eigenvalue weighted by Crippen LogP contribution is -2.39. The number of nitrogens with one attached hydrogen (secondary N) is 1. The lowest BCUT2D eigenvalue weighted by molar-refractivity contribution is -0.00758. The van der Waals surface area contributed by atoms with Crippen LogP contribution in [-0.4, -0.2) is 12.7 Å². The summed E-state index contributed by atoms with van der Waals surface area (Å²) in [5.74, 6) is 5.64. The largest absolute Gasteiger partial charge is 0.376 e. The maximum Gasteiger partial charge on any atom is 0.0817 e. The Morgan fingerprint density at radius 1 is 1.60 bits per heavy atom. The lowest BCUT2D eigenvalue weighted by atomic mass is 10.00.